The fourth-order valence-corrected chi connectivity index (χ4v) is 1.45. The first-order valence-electron chi connectivity index (χ1n) is 4.81. The third-order valence-electron chi connectivity index (χ3n) is 1.96. The summed E-state index contributed by atoms with van der Waals surface area (Å²) in [6, 6.07) is 4.78. The number of carboxylic acids is 1. The van der Waals surface area contributed by atoms with E-state index in [9.17, 15) is 4.79 Å². The molecule has 1 aromatic rings. The lowest BCUT2D eigenvalue weighted by Gasteiger charge is -2.06. The van der Waals surface area contributed by atoms with E-state index in [1.54, 1.807) is 19.1 Å². The van der Waals surface area contributed by atoms with Crippen LogP contribution in [-0.4, -0.2) is 17.6 Å². The van der Waals surface area contributed by atoms with E-state index in [1.165, 1.54) is 6.07 Å². The third kappa shape index (κ3) is 3.48. The molecule has 0 amide bonds. The Kier molecular flexibility index (Phi) is 4.68. The Bertz CT molecular complexity index is 446. The zero-order chi connectivity index (χ0) is 12.0. The van der Waals surface area contributed by atoms with Crippen LogP contribution in [0, 0.1) is 11.8 Å². The van der Waals surface area contributed by atoms with Gasteiger partial charge in [0, 0.05) is 18.7 Å². The molecule has 2 N–H and O–H groups in total. The lowest BCUT2D eigenvalue weighted by atomic mass is 10.2. The standard InChI is InChI=1S/C12H12ClNO2/c1-2-3-4-7-14-9-5-6-10(12(15)16)11(13)8-9/h5-6,8,14H,4,7H2,1H3,(H,15,16). The largest absolute Gasteiger partial charge is 0.478 e. The van der Waals surface area contributed by atoms with Gasteiger partial charge in [-0.2, -0.15) is 0 Å². The van der Waals surface area contributed by atoms with E-state index >= 15 is 0 Å². The average molecular weight is 238 g/mol. The van der Waals surface area contributed by atoms with Gasteiger partial charge < -0.3 is 10.4 Å². The molecule has 4 heteroatoms. The molecule has 16 heavy (non-hydrogen) atoms. The molecule has 0 unspecified atom stereocenters. The van der Waals surface area contributed by atoms with E-state index in [4.69, 9.17) is 16.7 Å². The van der Waals surface area contributed by atoms with Crippen molar-refractivity contribution in [3.63, 3.8) is 0 Å². The minimum absolute atomic E-state index is 0.112. The first-order valence-corrected chi connectivity index (χ1v) is 5.19. The molecule has 0 fully saturated rings. The van der Waals surface area contributed by atoms with Gasteiger partial charge in [-0.15, -0.1) is 11.8 Å². The van der Waals surface area contributed by atoms with Gasteiger partial charge in [0.1, 0.15) is 0 Å². The molecule has 0 spiro atoms. The molecule has 0 saturated carbocycles. The summed E-state index contributed by atoms with van der Waals surface area (Å²) in [4.78, 5) is 10.7. The zero-order valence-corrected chi connectivity index (χ0v) is 9.64. The summed E-state index contributed by atoms with van der Waals surface area (Å²) in [5.74, 6) is 4.70. The van der Waals surface area contributed by atoms with Gasteiger partial charge in [-0.1, -0.05) is 11.6 Å². The molecule has 0 bridgehead atoms. The number of carboxylic acid groups (broad SMARTS) is 1. The normalized spacial score (nSPS) is 9.12. The highest BCUT2D eigenvalue weighted by atomic mass is 35.5. The van der Waals surface area contributed by atoms with Gasteiger partial charge in [0.05, 0.1) is 10.6 Å². The Hall–Kier alpha value is -1.66. The maximum absolute atomic E-state index is 10.7. The van der Waals surface area contributed by atoms with Crippen LogP contribution in [0.2, 0.25) is 5.02 Å². The first kappa shape index (κ1) is 12.4. The molecule has 0 heterocycles. The van der Waals surface area contributed by atoms with Crippen molar-refractivity contribution in [1.29, 1.82) is 0 Å². The number of halogens is 1. The van der Waals surface area contributed by atoms with Gasteiger partial charge in [0.2, 0.25) is 0 Å². The van der Waals surface area contributed by atoms with E-state index in [1.807, 2.05) is 0 Å². The van der Waals surface area contributed by atoms with E-state index in [2.05, 4.69) is 17.2 Å². The predicted molar refractivity (Wildman–Crippen MR) is 65.0 cm³/mol. The van der Waals surface area contributed by atoms with Crippen molar-refractivity contribution in [3.8, 4) is 11.8 Å². The van der Waals surface area contributed by atoms with Crippen LogP contribution in [-0.2, 0) is 0 Å². The van der Waals surface area contributed by atoms with Crippen LogP contribution in [0.1, 0.15) is 23.7 Å². The smallest absolute Gasteiger partial charge is 0.337 e. The fraction of sp³-hybridized carbons (Fsp3) is 0.250. The average Bonchev–Trinajstić information content (AvgIpc) is 2.24. The summed E-state index contributed by atoms with van der Waals surface area (Å²) in [5, 5.41) is 12.1. The van der Waals surface area contributed by atoms with Crippen molar-refractivity contribution in [1.82, 2.24) is 0 Å². The third-order valence-corrected chi connectivity index (χ3v) is 2.27. The van der Waals surface area contributed by atoms with Crippen LogP contribution in [0.15, 0.2) is 18.2 Å². The Labute approximate surface area is 99.4 Å². The number of rotatable bonds is 4. The van der Waals surface area contributed by atoms with Gasteiger partial charge >= 0.3 is 5.97 Å². The summed E-state index contributed by atoms with van der Waals surface area (Å²) in [6.07, 6.45) is 0.745. The van der Waals surface area contributed by atoms with E-state index < -0.39 is 5.97 Å². The van der Waals surface area contributed by atoms with Gasteiger partial charge in [0.15, 0.2) is 0 Å². The highest BCUT2D eigenvalue weighted by molar-refractivity contribution is 6.33. The Morgan fingerprint density at radius 3 is 2.88 bits per heavy atom. The quantitative estimate of drug-likeness (QED) is 0.625. The summed E-state index contributed by atoms with van der Waals surface area (Å²) in [5.41, 5.74) is 0.911. The van der Waals surface area contributed by atoms with Crippen LogP contribution in [0.4, 0.5) is 5.69 Å². The SMILES string of the molecule is CC#CCCNc1ccc(C(=O)O)c(Cl)c1. The van der Waals surface area contributed by atoms with Crippen molar-refractivity contribution >= 4 is 23.3 Å². The van der Waals surface area contributed by atoms with Crippen molar-refractivity contribution in [2.75, 3.05) is 11.9 Å². The van der Waals surface area contributed by atoms with Crippen LogP contribution >= 0.6 is 11.6 Å². The summed E-state index contributed by atoms with van der Waals surface area (Å²) >= 11 is 5.82. The van der Waals surface area contributed by atoms with Crippen molar-refractivity contribution < 1.29 is 9.90 Å². The minimum Gasteiger partial charge on any atom is -0.478 e. The Morgan fingerprint density at radius 2 is 2.31 bits per heavy atom. The second-order valence-electron chi connectivity index (χ2n) is 3.10. The molecule has 0 aromatic heterocycles. The molecule has 0 saturated heterocycles. The highest BCUT2D eigenvalue weighted by Gasteiger charge is 2.08. The number of hydrogen-bond acceptors (Lipinski definition) is 2. The number of benzene rings is 1. The number of aromatic carboxylic acids is 1. The highest BCUT2D eigenvalue weighted by Crippen LogP contribution is 2.20. The number of carbonyl (C=O) groups is 1. The maximum atomic E-state index is 10.7. The summed E-state index contributed by atoms with van der Waals surface area (Å²) in [6.45, 7) is 2.50. The molecule has 84 valence electrons. The van der Waals surface area contributed by atoms with E-state index in [0.717, 1.165) is 12.1 Å². The van der Waals surface area contributed by atoms with Gasteiger partial charge in [0.25, 0.3) is 0 Å². The van der Waals surface area contributed by atoms with E-state index in [-0.39, 0.29) is 10.6 Å². The Morgan fingerprint density at radius 1 is 1.56 bits per heavy atom. The van der Waals surface area contributed by atoms with Gasteiger partial charge in [-0.05, 0) is 25.1 Å². The maximum Gasteiger partial charge on any atom is 0.337 e. The summed E-state index contributed by atoms with van der Waals surface area (Å²) in [7, 11) is 0. The molecule has 0 radical (unpaired) electrons. The molecule has 0 aliphatic heterocycles. The minimum atomic E-state index is -1.02. The lowest BCUT2D eigenvalue weighted by molar-refractivity contribution is 0.0697. The zero-order valence-electron chi connectivity index (χ0n) is 8.88. The second-order valence-corrected chi connectivity index (χ2v) is 3.51. The van der Waals surface area contributed by atoms with Crippen LogP contribution < -0.4 is 5.32 Å². The topological polar surface area (TPSA) is 49.3 Å². The van der Waals surface area contributed by atoms with Crippen molar-refractivity contribution in [3.05, 3.63) is 28.8 Å². The lowest BCUT2D eigenvalue weighted by Crippen LogP contribution is -2.02. The van der Waals surface area contributed by atoms with Crippen LogP contribution in [0.5, 0.6) is 0 Å². The second kappa shape index (κ2) is 6.04. The fourth-order valence-electron chi connectivity index (χ4n) is 1.19. The molecule has 0 aliphatic rings. The number of hydrogen-bond donors (Lipinski definition) is 2. The molecule has 0 atom stereocenters. The molecule has 0 aliphatic carbocycles. The van der Waals surface area contributed by atoms with E-state index in [0.29, 0.717) is 6.54 Å². The van der Waals surface area contributed by atoms with Crippen LogP contribution in [0.3, 0.4) is 0 Å². The predicted octanol–water partition coefficient (Wildman–Crippen LogP) is 2.86. The van der Waals surface area contributed by atoms with Crippen molar-refractivity contribution in [2.24, 2.45) is 0 Å². The summed E-state index contributed by atoms with van der Waals surface area (Å²) < 4.78 is 0. The van der Waals surface area contributed by atoms with Crippen molar-refractivity contribution in [2.45, 2.75) is 13.3 Å². The first-order chi connectivity index (χ1) is 7.65. The molecule has 3 nitrogen and oxygen atoms in total. The Balaban J connectivity index is 2.65. The monoisotopic (exact) mass is 237 g/mol. The molecular formula is C12H12ClNO2. The molecule has 1 rings (SSSR count). The molecular weight excluding hydrogens is 226 g/mol. The number of anilines is 1. The van der Waals surface area contributed by atoms with Crippen LogP contribution in [0.25, 0.3) is 0 Å². The number of nitrogens with one attached hydrogen (secondary N) is 1. The van der Waals surface area contributed by atoms with Gasteiger partial charge in [-0.3, -0.25) is 0 Å². The van der Waals surface area contributed by atoms with Gasteiger partial charge in [-0.25, -0.2) is 4.79 Å². The molecule has 1 aromatic carbocycles.